The van der Waals surface area contributed by atoms with Gasteiger partial charge >= 0.3 is 0 Å². The molecule has 0 saturated heterocycles. The quantitative estimate of drug-likeness (QED) is 0.931. The minimum absolute atomic E-state index is 0.214. The smallest absolute Gasteiger partial charge is 0.139 e. The Morgan fingerprint density at radius 2 is 2.06 bits per heavy atom. The predicted octanol–water partition coefficient (Wildman–Crippen LogP) is 2.94. The van der Waals surface area contributed by atoms with Gasteiger partial charge in [0.2, 0.25) is 0 Å². The zero-order valence-corrected chi connectivity index (χ0v) is 10.2. The molecule has 2 rings (SSSR count). The van der Waals surface area contributed by atoms with Gasteiger partial charge in [0.05, 0.1) is 21.9 Å². The van der Waals surface area contributed by atoms with Crippen molar-refractivity contribution in [2.45, 2.75) is 6.61 Å². The van der Waals surface area contributed by atoms with Gasteiger partial charge in [-0.25, -0.2) is 4.98 Å². The number of nitrogen functional groups attached to an aromatic ring is 1. The van der Waals surface area contributed by atoms with E-state index in [1.807, 2.05) is 0 Å². The number of hydrogen-bond donors (Lipinski definition) is 1. The molecule has 0 fully saturated rings. The molecule has 2 aromatic heterocycles. The molecule has 88 valence electrons. The lowest BCUT2D eigenvalue weighted by atomic mass is 10.3. The topological polar surface area (TPSA) is 61.0 Å². The first-order valence-corrected chi connectivity index (χ1v) is 5.55. The molecular weight excluding hydrogens is 261 g/mol. The van der Waals surface area contributed by atoms with Gasteiger partial charge in [0.1, 0.15) is 18.2 Å². The molecule has 0 aliphatic rings. The molecule has 0 bridgehead atoms. The standard InChI is InChI=1S/C11H9Cl2N3O/c12-7-3-8(5-15-4-7)17-6-10-9(13)1-2-11(14)16-10/h1-5H,6H2,(H2,14,16). The van der Waals surface area contributed by atoms with Crippen LogP contribution < -0.4 is 10.5 Å². The Bertz CT molecular complexity index is 534. The first-order valence-electron chi connectivity index (χ1n) is 4.79. The number of halogens is 2. The third kappa shape index (κ3) is 3.22. The fourth-order valence-corrected chi connectivity index (χ4v) is 1.55. The molecule has 2 heterocycles. The van der Waals surface area contributed by atoms with Gasteiger partial charge in [-0.3, -0.25) is 4.98 Å². The van der Waals surface area contributed by atoms with E-state index >= 15 is 0 Å². The van der Waals surface area contributed by atoms with Crippen molar-refractivity contribution in [1.82, 2.24) is 9.97 Å². The maximum atomic E-state index is 5.95. The van der Waals surface area contributed by atoms with E-state index in [1.165, 1.54) is 6.20 Å². The van der Waals surface area contributed by atoms with E-state index in [1.54, 1.807) is 24.4 Å². The van der Waals surface area contributed by atoms with Crippen LogP contribution in [0.3, 0.4) is 0 Å². The molecule has 0 spiro atoms. The Morgan fingerprint density at radius 3 is 2.82 bits per heavy atom. The van der Waals surface area contributed by atoms with Crippen LogP contribution in [0.4, 0.5) is 5.82 Å². The third-order valence-electron chi connectivity index (χ3n) is 2.00. The molecular formula is C11H9Cl2N3O. The summed E-state index contributed by atoms with van der Waals surface area (Å²) in [5.74, 6) is 0.954. The summed E-state index contributed by atoms with van der Waals surface area (Å²) >= 11 is 11.7. The fraction of sp³-hybridized carbons (Fsp3) is 0.0909. The second-order valence-electron chi connectivity index (χ2n) is 3.29. The summed E-state index contributed by atoms with van der Waals surface area (Å²) in [5.41, 5.74) is 6.14. The number of nitrogens with zero attached hydrogens (tertiary/aromatic N) is 2. The van der Waals surface area contributed by atoms with Crippen molar-refractivity contribution in [2.75, 3.05) is 5.73 Å². The van der Waals surface area contributed by atoms with Crippen LogP contribution in [0.15, 0.2) is 30.6 Å². The number of nitrogens with two attached hydrogens (primary N) is 1. The maximum absolute atomic E-state index is 5.95. The molecule has 0 aromatic carbocycles. The SMILES string of the molecule is Nc1ccc(Cl)c(COc2cncc(Cl)c2)n1. The molecule has 0 radical (unpaired) electrons. The van der Waals surface area contributed by atoms with Gasteiger partial charge in [0, 0.05) is 12.3 Å². The van der Waals surface area contributed by atoms with Crippen molar-refractivity contribution in [3.05, 3.63) is 46.3 Å². The van der Waals surface area contributed by atoms with E-state index in [4.69, 9.17) is 33.7 Å². The summed E-state index contributed by atoms with van der Waals surface area (Å²) in [6, 6.07) is 4.97. The highest BCUT2D eigenvalue weighted by Gasteiger charge is 2.04. The van der Waals surface area contributed by atoms with Crippen LogP contribution in [0.2, 0.25) is 10.0 Å². The summed E-state index contributed by atoms with van der Waals surface area (Å²) in [6.45, 7) is 0.214. The van der Waals surface area contributed by atoms with Gasteiger partial charge in [-0.05, 0) is 12.1 Å². The van der Waals surface area contributed by atoms with Crippen molar-refractivity contribution in [3.63, 3.8) is 0 Å². The fourth-order valence-electron chi connectivity index (χ4n) is 1.23. The average Bonchev–Trinajstić information content (AvgIpc) is 2.30. The second-order valence-corrected chi connectivity index (χ2v) is 4.14. The first kappa shape index (κ1) is 12.0. The summed E-state index contributed by atoms with van der Waals surface area (Å²) < 4.78 is 5.46. The average molecular weight is 270 g/mol. The van der Waals surface area contributed by atoms with Crippen molar-refractivity contribution in [2.24, 2.45) is 0 Å². The van der Waals surface area contributed by atoms with Crippen LogP contribution in [0, 0.1) is 0 Å². The van der Waals surface area contributed by atoms with Crippen LogP contribution in [-0.4, -0.2) is 9.97 Å². The molecule has 17 heavy (non-hydrogen) atoms. The van der Waals surface area contributed by atoms with Crippen LogP contribution in [0.5, 0.6) is 5.75 Å². The molecule has 0 aliphatic heterocycles. The molecule has 6 heteroatoms. The van der Waals surface area contributed by atoms with Gasteiger partial charge in [0.15, 0.2) is 0 Å². The van der Waals surface area contributed by atoms with E-state index < -0.39 is 0 Å². The van der Waals surface area contributed by atoms with E-state index in [2.05, 4.69) is 9.97 Å². The number of aromatic nitrogens is 2. The van der Waals surface area contributed by atoms with Gasteiger partial charge < -0.3 is 10.5 Å². The molecule has 0 unspecified atom stereocenters. The normalized spacial score (nSPS) is 10.2. The molecule has 2 aromatic rings. The number of anilines is 1. The zero-order chi connectivity index (χ0) is 12.3. The van der Waals surface area contributed by atoms with Crippen LogP contribution in [-0.2, 0) is 6.61 Å². The van der Waals surface area contributed by atoms with Gasteiger partial charge in [-0.1, -0.05) is 23.2 Å². The van der Waals surface area contributed by atoms with Gasteiger partial charge in [0.25, 0.3) is 0 Å². The molecule has 2 N–H and O–H groups in total. The minimum atomic E-state index is 0.214. The zero-order valence-electron chi connectivity index (χ0n) is 8.73. The first-order chi connectivity index (χ1) is 8.15. The van der Waals surface area contributed by atoms with Gasteiger partial charge in [-0.15, -0.1) is 0 Å². The van der Waals surface area contributed by atoms with Crippen LogP contribution >= 0.6 is 23.2 Å². The molecule has 4 nitrogen and oxygen atoms in total. The van der Waals surface area contributed by atoms with Crippen molar-refractivity contribution in [1.29, 1.82) is 0 Å². The Labute approximate surface area is 108 Å². The third-order valence-corrected chi connectivity index (χ3v) is 2.55. The van der Waals surface area contributed by atoms with Crippen LogP contribution in [0.25, 0.3) is 0 Å². The highest BCUT2D eigenvalue weighted by atomic mass is 35.5. The summed E-state index contributed by atoms with van der Waals surface area (Å²) in [4.78, 5) is 7.98. The maximum Gasteiger partial charge on any atom is 0.139 e. The highest BCUT2D eigenvalue weighted by molar-refractivity contribution is 6.31. The van der Waals surface area contributed by atoms with E-state index in [0.29, 0.717) is 27.3 Å². The Balaban J connectivity index is 2.09. The molecule has 0 atom stereocenters. The Hall–Kier alpha value is -1.52. The lowest BCUT2D eigenvalue weighted by Crippen LogP contribution is -2.02. The number of hydrogen-bond acceptors (Lipinski definition) is 4. The number of ether oxygens (including phenoxy) is 1. The van der Waals surface area contributed by atoms with E-state index in [0.717, 1.165) is 0 Å². The Morgan fingerprint density at radius 1 is 1.24 bits per heavy atom. The van der Waals surface area contributed by atoms with Gasteiger partial charge in [-0.2, -0.15) is 0 Å². The van der Waals surface area contributed by atoms with Crippen molar-refractivity contribution in [3.8, 4) is 5.75 Å². The highest BCUT2D eigenvalue weighted by Crippen LogP contribution is 2.19. The Kier molecular flexibility index (Phi) is 3.66. The minimum Gasteiger partial charge on any atom is -0.486 e. The van der Waals surface area contributed by atoms with E-state index in [-0.39, 0.29) is 6.61 Å². The van der Waals surface area contributed by atoms with E-state index in [9.17, 15) is 0 Å². The van der Waals surface area contributed by atoms with Crippen molar-refractivity contribution < 1.29 is 4.74 Å². The van der Waals surface area contributed by atoms with Crippen LogP contribution in [0.1, 0.15) is 5.69 Å². The summed E-state index contributed by atoms with van der Waals surface area (Å²) in [6.07, 6.45) is 3.09. The molecule has 0 aliphatic carbocycles. The lowest BCUT2D eigenvalue weighted by molar-refractivity contribution is 0.300. The molecule has 0 saturated carbocycles. The van der Waals surface area contributed by atoms with Crippen molar-refractivity contribution >= 4 is 29.0 Å². The number of rotatable bonds is 3. The molecule has 0 amide bonds. The largest absolute Gasteiger partial charge is 0.486 e. The monoisotopic (exact) mass is 269 g/mol. The predicted molar refractivity (Wildman–Crippen MR) is 67.2 cm³/mol. The second kappa shape index (κ2) is 5.21. The lowest BCUT2D eigenvalue weighted by Gasteiger charge is -2.07. The number of pyridine rings is 2. The summed E-state index contributed by atoms with van der Waals surface area (Å²) in [5, 5.41) is 1.02. The summed E-state index contributed by atoms with van der Waals surface area (Å²) in [7, 11) is 0.